The lowest BCUT2D eigenvalue weighted by atomic mass is 9.46. The van der Waals surface area contributed by atoms with Gasteiger partial charge in [-0.2, -0.15) is 0 Å². The van der Waals surface area contributed by atoms with Gasteiger partial charge in [-0.25, -0.2) is 0 Å². The Bertz CT molecular complexity index is 940. The van der Waals surface area contributed by atoms with Gasteiger partial charge in [-0.15, -0.1) is 0 Å². The fraction of sp³-hybridized carbons (Fsp3) is 0.600. The first-order chi connectivity index (χ1) is 14.6. The van der Waals surface area contributed by atoms with Gasteiger partial charge in [0.25, 0.3) is 0 Å². The molecule has 0 aromatic heterocycles. The van der Waals surface area contributed by atoms with Gasteiger partial charge in [0.15, 0.2) is 18.2 Å². The van der Waals surface area contributed by atoms with Crippen molar-refractivity contribution in [3.63, 3.8) is 0 Å². The number of allylic oxidation sites excluding steroid dienone is 5. The van der Waals surface area contributed by atoms with Gasteiger partial charge in [0.2, 0.25) is 0 Å². The van der Waals surface area contributed by atoms with Gasteiger partial charge < -0.3 is 9.47 Å². The lowest BCUT2D eigenvalue weighted by molar-refractivity contribution is -0.167. The summed E-state index contributed by atoms with van der Waals surface area (Å²) in [6.07, 6.45) is 10.0. The zero-order valence-electron chi connectivity index (χ0n) is 18.6. The second kappa shape index (κ2) is 7.57. The van der Waals surface area contributed by atoms with Crippen LogP contribution in [0, 0.1) is 28.6 Å². The van der Waals surface area contributed by atoms with Crippen LogP contribution < -0.4 is 0 Å². The molecule has 0 radical (unpaired) electrons. The molecule has 0 N–H and O–H groups in total. The summed E-state index contributed by atoms with van der Waals surface area (Å²) >= 11 is 0. The molecule has 0 spiro atoms. The van der Waals surface area contributed by atoms with Crippen LogP contribution in [0.3, 0.4) is 0 Å². The molecule has 0 saturated heterocycles. The smallest absolute Gasteiger partial charge is 0.303 e. The summed E-state index contributed by atoms with van der Waals surface area (Å²) in [5.74, 6) is -0.439. The second-order valence-electron chi connectivity index (χ2n) is 9.85. The van der Waals surface area contributed by atoms with E-state index in [1.54, 1.807) is 12.2 Å². The van der Waals surface area contributed by atoms with Crippen LogP contribution in [0.15, 0.2) is 35.5 Å². The highest BCUT2D eigenvalue weighted by Gasteiger charge is 2.61. The normalized spacial score (nSPS) is 38.3. The summed E-state index contributed by atoms with van der Waals surface area (Å²) in [6, 6.07) is 0. The van der Waals surface area contributed by atoms with Crippen molar-refractivity contribution in [2.75, 3.05) is 6.61 Å². The van der Waals surface area contributed by atoms with E-state index in [0.717, 1.165) is 24.8 Å². The Morgan fingerprint density at radius 1 is 1.16 bits per heavy atom. The van der Waals surface area contributed by atoms with Crippen LogP contribution in [0.1, 0.15) is 53.4 Å². The third-order valence-electron chi connectivity index (χ3n) is 8.08. The SMILES string of the molecule is CC(=O)OCC(=O)C1=CC[C@H]2[C@@H]3CCC4=CC(=O)C=C[C@]4(C)[C@H]3[C@@H](OC(C)=O)C[C@]12C. The number of carbonyl (C=O) groups excluding carboxylic acids is 4. The van der Waals surface area contributed by atoms with Crippen molar-refractivity contribution in [2.45, 2.75) is 59.5 Å². The summed E-state index contributed by atoms with van der Waals surface area (Å²) in [5.41, 5.74) is 1.02. The number of esters is 2. The summed E-state index contributed by atoms with van der Waals surface area (Å²) < 4.78 is 10.9. The highest BCUT2D eigenvalue weighted by atomic mass is 16.5. The van der Waals surface area contributed by atoms with Crippen molar-refractivity contribution in [2.24, 2.45) is 28.6 Å². The molecule has 0 heterocycles. The number of hydrogen-bond acceptors (Lipinski definition) is 6. The van der Waals surface area contributed by atoms with Crippen LogP contribution in [0.25, 0.3) is 0 Å². The van der Waals surface area contributed by atoms with Gasteiger partial charge in [-0.05, 0) is 49.7 Å². The molecular formula is C25H30O6. The highest BCUT2D eigenvalue weighted by molar-refractivity contribution is 6.01. The maximum Gasteiger partial charge on any atom is 0.303 e. The number of carbonyl (C=O) groups is 4. The molecule has 0 amide bonds. The summed E-state index contributed by atoms with van der Waals surface area (Å²) in [5, 5.41) is 0. The van der Waals surface area contributed by atoms with Gasteiger partial charge in [0, 0.05) is 36.2 Å². The quantitative estimate of drug-likeness (QED) is 0.640. The molecule has 6 heteroatoms. The average molecular weight is 427 g/mol. The number of rotatable bonds is 4. The standard InChI is InChI=1S/C25H30O6/c1-14(26)30-13-21(29)20-8-7-19-18-6-5-16-11-17(28)9-10-24(16,3)23(18)22(31-15(2)27)12-25(19,20)4/h8-11,18-19,22-23H,5-7,12-13H2,1-4H3/t18-,19-,22-,23+,24-,25-/m0/s1. The van der Waals surface area contributed by atoms with E-state index in [0.29, 0.717) is 12.0 Å². The first-order valence-corrected chi connectivity index (χ1v) is 11.0. The Morgan fingerprint density at radius 3 is 2.58 bits per heavy atom. The fourth-order valence-electron chi connectivity index (χ4n) is 6.86. The number of ketones is 2. The van der Waals surface area contributed by atoms with Crippen LogP contribution in [-0.2, 0) is 28.7 Å². The number of fused-ring (bicyclic) bond motifs is 5. The van der Waals surface area contributed by atoms with Crippen LogP contribution >= 0.6 is 0 Å². The van der Waals surface area contributed by atoms with E-state index in [4.69, 9.17) is 9.47 Å². The number of ether oxygens (including phenoxy) is 2. The van der Waals surface area contributed by atoms with Gasteiger partial charge in [-0.3, -0.25) is 19.2 Å². The second-order valence-corrected chi connectivity index (χ2v) is 9.85. The predicted molar refractivity (Wildman–Crippen MR) is 113 cm³/mol. The Hall–Kier alpha value is -2.50. The van der Waals surface area contributed by atoms with Crippen molar-refractivity contribution in [1.82, 2.24) is 0 Å². The zero-order valence-corrected chi connectivity index (χ0v) is 18.6. The molecule has 0 aliphatic heterocycles. The van der Waals surface area contributed by atoms with Crippen molar-refractivity contribution in [3.8, 4) is 0 Å². The lowest BCUT2D eigenvalue weighted by Gasteiger charge is -2.58. The van der Waals surface area contributed by atoms with Crippen LogP contribution in [-0.4, -0.2) is 36.2 Å². The topological polar surface area (TPSA) is 86.7 Å². The summed E-state index contributed by atoms with van der Waals surface area (Å²) in [4.78, 5) is 48.2. The molecule has 0 aromatic carbocycles. The van der Waals surface area contributed by atoms with Gasteiger partial charge in [0.05, 0.1) is 0 Å². The molecule has 0 unspecified atom stereocenters. The Morgan fingerprint density at radius 2 is 1.90 bits per heavy atom. The molecule has 0 aromatic rings. The molecule has 0 bridgehead atoms. The minimum atomic E-state index is -0.478. The molecular weight excluding hydrogens is 396 g/mol. The van der Waals surface area contributed by atoms with E-state index >= 15 is 0 Å². The van der Waals surface area contributed by atoms with E-state index in [1.165, 1.54) is 13.8 Å². The third kappa shape index (κ3) is 3.50. The Labute approximate surface area is 182 Å². The minimum absolute atomic E-state index is 0.0106. The molecule has 166 valence electrons. The minimum Gasteiger partial charge on any atom is -0.462 e. The molecule has 2 fully saturated rings. The van der Waals surface area contributed by atoms with Crippen LogP contribution in [0.4, 0.5) is 0 Å². The summed E-state index contributed by atoms with van der Waals surface area (Å²) in [6.45, 7) is 6.68. The van der Waals surface area contributed by atoms with Gasteiger partial charge in [-0.1, -0.05) is 31.6 Å². The first-order valence-electron chi connectivity index (χ1n) is 11.0. The van der Waals surface area contributed by atoms with Crippen molar-refractivity contribution in [1.29, 1.82) is 0 Å². The van der Waals surface area contributed by atoms with Crippen molar-refractivity contribution >= 4 is 23.5 Å². The Kier molecular flexibility index (Phi) is 5.31. The third-order valence-corrected chi connectivity index (χ3v) is 8.08. The summed E-state index contributed by atoms with van der Waals surface area (Å²) in [7, 11) is 0. The van der Waals surface area contributed by atoms with Gasteiger partial charge in [0.1, 0.15) is 6.10 Å². The molecule has 31 heavy (non-hydrogen) atoms. The van der Waals surface area contributed by atoms with Crippen molar-refractivity contribution in [3.05, 3.63) is 35.5 Å². The van der Waals surface area contributed by atoms with Crippen molar-refractivity contribution < 1.29 is 28.7 Å². The van der Waals surface area contributed by atoms with Crippen LogP contribution in [0.2, 0.25) is 0 Å². The van der Waals surface area contributed by atoms with E-state index in [-0.39, 0.29) is 53.4 Å². The first kappa shape index (κ1) is 21.7. The largest absolute Gasteiger partial charge is 0.462 e. The predicted octanol–water partition coefficient (Wildman–Crippen LogP) is 3.50. The molecule has 4 aliphatic rings. The molecule has 4 rings (SSSR count). The van der Waals surface area contributed by atoms with Crippen LogP contribution in [0.5, 0.6) is 0 Å². The van der Waals surface area contributed by atoms with Gasteiger partial charge >= 0.3 is 11.9 Å². The van der Waals surface area contributed by atoms with E-state index < -0.39 is 11.4 Å². The maximum absolute atomic E-state index is 12.9. The average Bonchev–Trinajstić information content (AvgIpc) is 3.02. The Balaban J connectivity index is 1.70. The lowest BCUT2D eigenvalue weighted by Crippen LogP contribution is -2.56. The maximum atomic E-state index is 12.9. The highest BCUT2D eigenvalue weighted by Crippen LogP contribution is 2.65. The van der Waals surface area contributed by atoms with E-state index in [1.807, 2.05) is 12.2 Å². The fourth-order valence-corrected chi connectivity index (χ4v) is 6.86. The molecule has 2 saturated carbocycles. The van der Waals surface area contributed by atoms with E-state index in [9.17, 15) is 19.2 Å². The molecule has 6 atom stereocenters. The molecule has 6 nitrogen and oxygen atoms in total. The monoisotopic (exact) mass is 426 g/mol. The number of Topliss-reactive ketones (excluding diaryl/α,β-unsaturated/α-hetero) is 1. The number of hydrogen-bond donors (Lipinski definition) is 0. The zero-order chi connectivity index (χ0) is 22.6. The van der Waals surface area contributed by atoms with E-state index in [2.05, 4.69) is 13.8 Å². The molecule has 4 aliphatic carbocycles.